The molecule has 78 valence electrons. The molecule has 1 unspecified atom stereocenters. The van der Waals surface area contributed by atoms with Crippen LogP contribution in [-0.4, -0.2) is 19.0 Å². The maximum absolute atomic E-state index is 11.0. The Hall–Kier alpha value is 1.50. The van der Waals surface area contributed by atoms with E-state index in [1.807, 2.05) is 5.32 Å². The van der Waals surface area contributed by atoms with Gasteiger partial charge in [0.15, 0.2) is 5.50 Å². The largest absolute Gasteiger partial charge is 0.332 e. The van der Waals surface area contributed by atoms with Crippen LogP contribution >= 0.6 is 81.2 Å². The molecule has 0 bridgehead atoms. The molecule has 0 aliphatic heterocycles. The minimum Gasteiger partial charge on any atom is -0.332 e. The molecule has 0 aliphatic rings. The van der Waals surface area contributed by atoms with E-state index in [1.165, 1.54) is 0 Å². The van der Waals surface area contributed by atoms with Crippen molar-refractivity contribution in [2.45, 2.75) is 13.1 Å². The van der Waals surface area contributed by atoms with Crippen LogP contribution < -0.4 is 5.32 Å². The summed E-state index contributed by atoms with van der Waals surface area (Å²) in [7, 11) is 0. The highest BCUT2D eigenvalue weighted by Gasteiger charge is 2.38. The predicted molar refractivity (Wildman–Crippen MR) is 58.4 cm³/mol. The van der Waals surface area contributed by atoms with Gasteiger partial charge in [-0.1, -0.05) is 81.2 Å². The normalized spacial score (nSPS) is 15.3. The van der Waals surface area contributed by atoms with Gasteiger partial charge < -0.3 is 5.32 Å². The molecule has 0 spiro atoms. The van der Waals surface area contributed by atoms with Crippen molar-refractivity contribution in [2.75, 3.05) is 0 Å². The summed E-state index contributed by atoms with van der Waals surface area (Å²) in [6.45, 7) is 0. The molecule has 0 saturated heterocycles. The summed E-state index contributed by atoms with van der Waals surface area (Å²) in [5.41, 5.74) is -1.28. The number of hydrogen-bond donors (Lipinski definition) is 1. The molecule has 1 atom stereocenters. The van der Waals surface area contributed by atoms with Gasteiger partial charge in [0.2, 0.25) is 3.79 Å². The van der Waals surface area contributed by atoms with Crippen molar-refractivity contribution in [3.63, 3.8) is 0 Å². The molecule has 0 aromatic heterocycles. The number of hydrogen-bond acceptors (Lipinski definition) is 1. The van der Waals surface area contributed by atoms with Crippen molar-refractivity contribution in [1.29, 1.82) is 0 Å². The summed E-state index contributed by atoms with van der Waals surface area (Å²) in [5, 5.41) is 1.99. The molecular weight excluding hydrogens is 326 g/mol. The van der Waals surface area contributed by atoms with Gasteiger partial charge in [-0.05, 0) is 0 Å². The van der Waals surface area contributed by atoms with E-state index in [0.29, 0.717) is 0 Å². The first-order valence-corrected chi connectivity index (χ1v) is 5.34. The van der Waals surface area contributed by atoms with Crippen molar-refractivity contribution < 1.29 is 4.79 Å². The molecule has 0 aliphatic carbocycles. The minimum absolute atomic E-state index is 0.969. The summed E-state index contributed by atoms with van der Waals surface area (Å²) in [5.74, 6) is -0.969. The van der Waals surface area contributed by atoms with Crippen molar-refractivity contribution in [1.82, 2.24) is 5.32 Å². The third kappa shape index (κ3) is 5.83. The highest BCUT2D eigenvalue weighted by molar-refractivity contribution is 6.76. The molecule has 9 heteroatoms. The van der Waals surface area contributed by atoms with Crippen molar-refractivity contribution >= 4 is 87.1 Å². The summed E-state index contributed by atoms with van der Waals surface area (Å²) in [6, 6.07) is 0. The molecule has 0 saturated carbocycles. The van der Waals surface area contributed by atoms with Gasteiger partial charge in [-0.25, -0.2) is 0 Å². The highest BCUT2D eigenvalue weighted by Crippen LogP contribution is 2.34. The molecular formula is C4H2Cl7NO. The summed E-state index contributed by atoms with van der Waals surface area (Å²) >= 11 is 37.1. The molecule has 1 amide bonds. The van der Waals surface area contributed by atoms with Gasteiger partial charge in [-0.3, -0.25) is 4.79 Å². The fraction of sp³-hybridized carbons (Fsp3) is 0.750. The van der Waals surface area contributed by atoms with E-state index in [9.17, 15) is 4.79 Å². The number of alkyl halides is 7. The van der Waals surface area contributed by atoms with Crippen molar-refractivity contribution in [3.8, 4) is 0 Å². The van der Waals surface area contributed by atoms with Crippen LogP contribution in [0.4, 0.5) is 0 Å². The average Bonchev–Trinajstić information content (AvgIpc) is 1.82. The lowest BCUT2D eigenvalue weighted by Crippen LogP contribution is -2.44. The van der Waals surface area contributed by atoms with Crippen LogP contribution in [0, 0.1) is 0 Å². The Labute approximate surface area is 110 Å². The molecule has 0 radical (unpaired) electrons. The van der Waals surface area contributed by atoms with E-state index in [2.05, 4.69) is 0 Å². The summed E-state index contributed by atoms with van der Waals surface area (Å²) < 4.78 is -4.00. The van der Waals surface area contributed by atoms with E-state index < -0.39 is 19.0 Å². The molecule has 2 nitrogen and oxygen atoms in total. The maximum Gasteiger partial charge on any atom is 0.273 e. The Morgan fingerprint density at radius 1 is 1.08 bits per heavy atom. The SMILES string of the molecule is O=C(NC(Cl)C(Cl)(Cl)Cl)C(Cl)(Cl)Cl. The van der Waals surface area contributed by atoms with E-state index in [0.717, 1.165) is 0 Å². The van der Waals surface area contributed by atoms with Crippen LogP contribution in [0.25, 0.3) is 0 Å². The summed E-state index contributed by atoms with van der Waals surface area (Å²) in [6.07, 6.45) is 0. The Morgan fingerprint density at radius 2 is 1.46 bits per heavy atom. The standard InChI is InChI=1S/C4H2Cl7NO/c5-1(3(6,7)8)12-2(13)4(9,10)11/h1H,(H,12,13). The zero-order valence-electron chi connectivity index (χ0n) is 5.63. The molecule has 0 heterocycles. The van der Waals surface area contributed by atoms with Crippen LogP contribution in [0.15, 0.2) is 0 Å². The average molecular weight is 328 g/mol. The smallest absolute Gasteiger partial charge is 0.273 e. The zero-order valence-corrected chi connectivity index (χ0v) is 10.9. The first-order valence-electron chi connectivity index (χ1n) is 2.63. The number of carbonyl (C=O) groups is 1. The molecule has 0 aromatic carbocycles. The molecule has 0 rings (SSSR count). The fourth-order valence-electron chi connectivity index (χ4n) is 0.279. The van der Waals surface area contributed by atoms with Gasteiger partial charge in [0.25, 0.3) is 9.70 Å². The number of halogens is 7. The van der Waals surface area contributed by atoms with Crippen LogP contribution in [0.5, 0.6) is 0 Å². The van der Waals surface area contributed by atoms with Crippen LogP contribution in [0.2, 0.25) is 0 Å². The number of amides is 1. The number of rotatable bonds is 1. The molecule has 13 heavy (non-hydrogen) atoms. The zero-order chi connectivity index (χ0) is 10.9. The second-order valence-electron chi connectivity index (χ2n) is 1.88. The maximum atomic E-state index is 11.0. The lowest BCUT2D eigenvalue weighted by molar-refractivity contribution is -0.120. The van der Waals surface area contributed by atoms with E-state index in [-0.39, 0.29) is 0 Å². The van der Waals surface area contributed by atoms with Gasteiger partial charge in [0.1, 0.15) is 0 Å². The van der Waals surface area contributed by atoms with Crippen LogP contribution in [0.3, 0.4) is 0 Å². The fourth-order valence-corrected chi connectivity index (χ4v) is 0.705. The van der Waals surface area contributed by atoms with Crippen LogP contribution in [0.1, 0.15) is 0 Å². The third-order valence-corrected chi connectivity index (χ3v) is 2.74. The quantitative estimate of drug-likeness (QED) is 0.580. The van der Waals surface area contributed by atoms with E-state index in [4.69, 9.17) is 81.2 Å². The highest BCUT2D eigenvalue weighted by atomic mass is 35.6. The Morgan fingerprint density at radius 3 is 1.69 bits per heavy atom. The van der Waals surface area contributed by atoms with Gasteiger partial charge in [0, 0.05) is 0 Å². The molecule has 1 N–H and O–H groups in total. The topological polar surface area (TPSA) is 29.1 Å². The summed E-state index contributed by atoms with van der Waals surface area (Å²) in [4.78, 5) is 11.0. The van der Waals surface area contributed by atoms with Crippen LogP contribution in [-0.2, 0) is 4.79 Å². The minimum atomic E-state index is -2.14. The van der Waals surface area contributed by atoms with Crippen molar-refractivity contribution in [2.24, 2.45) is 0 Å². The lowest BCUT2D eigenvalue weighted by Gasteiger charge is -2.21. The van der Waals surface area contributed by atoms with Gasteiger partial charge in [-0.2, -0.15) is 0 Å². The van der Waals surface area contributed by atoms with E-state index in [1.54, 1.807) is 0 Å². The Kier molecular flexibility index (Phi) is 5.60. The molecule has 0 aromatic rings. The van der Waals surface area contributed by atoms with Gasteiger partial charge >= 0.3 is 0 Å². The third-order valence-electron chi connectivity index (χ3n) is 0.803. The predicted octanol–water partition coefficient (Wildman–Crippen LogP) is 3.41. The van der Waals surface area contributed by atoms with Gasteiger partial charge in [-0.15, -0.1) is 0 Å². The monoisotopic (exact) mass is 325 g/mol. The van der Waals surface area contributed by atoms with Gasteiger partial charge in [0.05, 0.1) is 0 Å². The number of carbonyl (C=O) groups excluding carboxylic acids is 1. The number of nitrogens with one attached hydrogen (secondary N) is 1. The van der Waals surface area contributed by atoms with Crippen molar-refractivity contribution in [3.05, 3.63) is 0 Å². The molecule has 0 fully saturated rings. The Balaban J connectivity index is 4.24. The Bertz CT molecular complexity index is 194. The first kappa shape index (κ1) is 14.5. The lowest BCUT2D eigenvalue weighted by atomic mass is 10.6. The van der Waals surface area contributed by atoms with E-state index >= 15 is 0 Å². The first-order chi connectivity index (χ1) is 5.55. The second kappa shape index (κ2) is 5.02. The second-order valence-corrected chi connectivity index (χ2v) is 6.96.